The maximum absolute atomic E-state index is 12.5. The summed E-state index contributed by atoms with van der Waals surface area (Å²) >= 11 is 1.46. The lowest BCUT2D eigenvalue weighted by Gasteiger charge is -2.27. The molecule has 0 saturated carbocycles. The highest BCUT2D eigenvalue weighted by atomic mass is 32.1. The summed E-state index contributed by atoms with van der Waals surface area (Å²) in [5, 5.41) is 15.2. The Morgan fingerprint density at radius 2 is 1.96 bits per heavy atom. The van der Waals surface area contributed by atoms with Crippen LogP contribution in [0.2, 0.25) is 0 Å². The molecule has 1 heterocycles. The van der Waals surface area contributed by atoms with Gasteiger partial charge in [0.25, 0.3) is 5.91 Å². The van der Waals surface area contributed by atoms with Crippen molar-refractivity contribution < 1.29 is 9.59 Å². The lowest BCUT2D eigenvalue weighted by atomic mass is 10.1. The van der Waals surface area contributed by atoms with E-state index in [-0.39, 0.29) is 24.3 Å². The van der Waals surface area contributed by atoms with Crippen molar-refractivity contribution in [1.29, 1.82) is 5.26 Å². The van der Waals surface area contributed by atoms with Crippen LogP contribution >= 0.6 is 11.3 Å². The van der Waals surface area contributed by atoms with Gasteiger partial charge >= 0.3 is 0 Å². The van der Waals surface area contributed by atoms with Crippen LogP contribution in [0.4, 0.5) is 0 Å². The second-order valence-corrected chi connectivity index (χ2v) is 6.72. The summed E-state index contributed by atoms with van der Waals surface area (Å²) in [5.41, 5.74) is 2.20. The van der Waals surface area contributed by atoms with Gasteiger partial charge in [-0.3, -0.25) is 9.59 Å². The molecule has 0 atom stereocenters. The van der Waals surface area contributed by atoms with Crippen LogP contribution < -0.4 is 5.32 Å². The number of amides is 2. The first kappa shape index (κ1) is 18.7. The fourth-order valence-corrected chi connectivity index (χ4v) is 3.00. The number of benzene rings is 1. The summed E-state index contributed by atoms with van der Waals surface area (Å²) in [6.45, 7) is 4.72. The van der Waals surface area contributed by atoms with E-state index in [0.717, 1.165) is 5.56 Å². The number of nitriles is 1. The Morgan fingerprint density at radius 3 is 2.52 bits per heavy atom. The molecule has 0 fully saturated rings. The number of hydrogen-bond acceptors (Lipinski definition) is 4. The molecule has 2 amide bonds. The summed E-state index contributed by atoms with van der Waals surface area (Å²) in [6, 6.07) is 11.1. The Kier molecular flexibility index (Phi) is 6.72. The summed E-state index contributed by atoms with van der Waals surface area (Å²) in [6.07, 6.45) is 0.254. The van der Waals surface area contributed by atoms with Crippen molar-refractivity contribution in [2.45, 2.75) is 32.9 Å². The number of carbonyl (C=O) groups is 2. The molecule has 0 unspecified atom stereocenters. The van der Waals surface area contributed by atoms with Crippen LogP contribution in [0.25, 0.3) is 0 Å². The van der Waals surface area contributed by atoms with Crippen LogP contribution in [-0.4, -0.2) is 29.3 Å². The van der Waals surface area contributed by atoms with E-state index < -0.39 is 0 Å². The van der Waals surface area contributed by atoms with Crippen molar-refractivity contribution in [3.8, 4) is 6.07 Å². The number of nitrogens with zero attached hydrogens (tertiary/aromatic N) is 2. The molecule has 0 spiro atoms. The van der Waals surface area contributed by atoms with Crippen LogP contribution in [0.3, 0.4) is 0 Å². The topological polar surface area (TPSA) is 73.2 Å². The molecule has 6 heteroatoms. The third kappa shape index (κ3) is 5.44. The van der Waals surface area contributed by atoms with E-state index >= 15 is 0 Å². The van der Waals surface area contributed by atoms with Gasteiger partial charge in [0.05, 0.1) is 11.6 Å². The predicted molar refractivity (Wildman–Crippen MR) is 98.1 cm³/mol. The molecule has 0 aliphatic rings. The third-order valence-corrected chi connectivity index (χ3v) is 4.47. The highest BCUT2D eigenvalue weighted by molar-refractivity contribution is 7.08. The summed E-state index contributed by atoms with van der Waals surface area (Å²) < 4.78 is 0. The van der Waals surface area contributed by atoms with Crippen LogP contribution in [0.1, 0.15) is 41.8 Å². The molecule has 25 heavy (non-hydrogen) atoms. The van der Waals surface area contributed by atoms with Crippen molar-refractivity contribution in [3.63, 3.8) is 0 Å². The Morgan fingerprint density at radius 1 is 1.24 bits per heavy atom. The Hall–Kier alpha value is -2.65. The average Bonchev–Trinajstić information content (AvgIpc) is 3.14. The van der Waals surface area contributed by atoms with Crippen molar-refractivity contribution in [2.75, 3.05) is 6.54 Å². The third-order valence-electron chi connectivity index (χ3n) is 3.79. The van der Waals surface area contributed by atoms with Gasteiger partial charge in [-0.25, -0.2) is 0 Å². The van der Waals surface area contributed by atoms with Crippen LogP contribution in [0.15, 0.2) is 41.1 Å². The smallest absolute Gasteiger partial charge is 0.252 e. The molecule has 1 aromatic carbocycles. The van der Waals surface area contributed by atoms with Gasteiger partial charge in [-0.2, -0.15) is 16.6 Å². The van der Waals surface area contributed by atoms with E-state index in [2.05, 4.69) is 11.4 Å². The highest BCUT2D eigenvalue weighted by Crippen LogP contribution is 2.11. The lowest BCUT2D eigenvalue weighted by molar-refractivity contribution is -0.133. The van der Waals surface area contributed by atoms with Gasteiger partial charge in [0, 0.05) is 36.5 Å². The maximum Gasteiger partial charge on any atom is 0.252 e. The zero-order valence-electron chi connectivity index (χ0n) is 14.4. The molecule has 0 aliphatic heterocycles. The average molecular weight is 355 g/mol. The largest absolute Gasteiger partial charge is 0.351 e. The summed E-state index contributed by atoms with van der Waals surface area (Å²) in [4.78, 5) is 26.2. The molecule has 1 N–H and O–H groups in total. The molecule has 0 radical (unpaired) electrons. The number of rotatable bonds is 7. The summed E-state index contributed by atoms with van der Waals surface area (Å²) in [5.74, 6) is -0.165. The fraction of sp³-hybridized carbons (Fsp3) is 0.316. The fourth-order valence-electron chi connectivity index (χ4n) is 2.36. The zero-order chi connectivity index (χ0) is 18.2. The monoisotopic (exact) mass is 355 g/mol. The standard InChI is InChI=1S/C19H21N3O2S/c1-14(2)22(12-16-5-3-15(11-20)4-6-16)18(23)7-9-21-19(24)17-8-10-25-13-17/h3-6,8,10,13-14H,7,9,12H2,1-2H3,(H,21,24). The minimum absolute atomic E-state index is 0.00928. The Balaban J connectivity index is 1.89. The molecule has 1 aromatic heterocycles. The molecular weight excluding hydrogens is 334 g/mol. The Labute approximate surface area is 151 Å². The van der Waals surface area contributed by atoms with Crippen LogP contribution in [-0.2, 0) is 11.3 Å². The van der Waals surface area contributed by atoms with Gasteiger partial charge in [-0.15, -0.1) is 0 Å². The minimum Gasteiger partial charge on any atom is -0.351 e. The van der Waals surface area contributed by atoms with Crippen LogP contribution in [0.5, 0.6) is 0 Å². The van der Waals surface area contributed by atoms with E-state index in [4.69, 9.17) is 5.26 Å². The first-order valence-electron chi connectivity index (χ1n) is 8.10. The van der Waals surface area contributed by atoms with Gasteiger partial charge in [-0.05, 0) is 43.0 Å². The lowest BCUT2D eigenvalue weighted by Crippen LogP contribution is -2.38. The van der Waals surface area contributed by atoms with Gasteiger partial charge in [0.15, 0.2) is 0 Å². The van der Waals surface area contributed by atoms with Gasteiger partial charge in [-0.1, -0.05) is 12.1 Å². The van der Waals surface area contributed by atoms with E-state index in [1.807, 2.05) is 31.4 Å². The molecule has 0 saturated heterocycles. The normalized spacial score (nSPS) is 10.3. The zero-order valence-corrected chi connectivity index (χ0v) is 15.2. The minimum atomic E-state index is -0.155. The first-order chi connectivity index (χ1) is 12.0. The van der Waals surface area contributed by atoms with E-state index in [0.29, 0.717) is 24.2 Å². The molecule has 2 aromatic rings. The molecule has 0 aliphatic carbocycles. The number of nitrogens with one attached hydrogen (secondary N) is 1. The first-order valence-corrected chi connectivity index (χ1v) is 9.04. The van der Waals surface area contributed by atoms with Gasteiger partial charge in [0.2, 0.25) is 5.91 Å². The molecule has 5 nitrogen and oxygen atoms in total. The van der Waals surface area contributed by atoms with Crippen molar-refractivity contribution >= 4 is 23.2 Å². The van der Waals surface area contributed by atoms with E-state index in [9.17, 15) is 9.59 Å². The maximum atomic E-state index is 12.5. The number of carbonyl (C=O) groups excluding carboxylic acids is 2. The second-order valence-electron chi connectivity index (χ2n) is 5.94. The van der Waals surface area contributed by atoms with Crippen molar-refractivity contribution in [2.24, 2.45) is 0 Å². The van der Waals surface area contributed by atoms with E-state index in [1.54, 1.807) is 28.5 Å². The van der Waals surface area contributed by atoms with Gasteiger partial charge in [0.1, 0.15) is 0 Å². The Bertz CT molecular complexity index is 746. The molecule has 130 valence electrons. The van der Waals surface area contributed by atoms with Crippen molar-refractivity contribution in [1.82, 2.24) is 10.2 Å². The van der Waals surface area contributed by atoms with Crippen molar-refractivity contribution in [3.05, 3.63) is 57.8 Å². The van der Waals surface area contributed by atoms with E-state index in [1.165, 1.54) is 11.3 Å². The highest BCUT2D eigenvalue weighted by Gasteiger charge is 2.17. The number of thiophene rings is 1. The number of hydrogen-bond donors (Lipinski definition) is 1. The van der Waals surface area contributed by atoms with Gasteiger partial charge < -0.3 is 10.2 Å². The predicted octanol–water partition coefficient (Wildman–Crippen LogP) is 3.18. The summed E-state index contributed by atoms with van der Waals surface area (Å²) in [7, 11) is 0. The SMILES string of the molecule is CC(C)N(Cc1ccc(C#N)cc1)C(=O)CCNC(=O)c1ccsc1. The molecular formula is C19H21N3O2S. The second kappa shape index (κ2) is 9.00. The quantitative estimate of drug-likeness (QED) is 0.829. The molecule has 0 bridgehead atoms. The molecule has 2 rings (SSSR count). The van der Waals surface area contributed by atoms with Crippen LogP contribution in [0, 0.1) is 11.3 Å².